The van der Waals surface area contributed by atoms with Gasteiger partial charge in [0.15, 0.2) is 0 Å². The second-order valence-corrected chi connectivity index (χ2v) is 6.60. The van der Waals surface area contributed by atoms with E-state index in [1.165, 1.54) is 12.1 Å². The lowest BCUT2D eigenvalue weighted by Gasteiger charge is -2.21. The summed E-state index contributed by atoms with van der Waals surface area (Å²) in [5.41, 5.74) is 1.80. The van der Waals surface area contributed by atoms with Crippen LogP contribution in [0.3, 0.4) is 0 Å². The van der Waals surface area contributed by atoms with E-state index in [4.69, 9.17) is 4.74 Å². The normalized spacial score (nSPS) is 11.7. The summed E-state index contributed by atoms with van der Waals surface area (Å²) in [6.07, 6.45) is -0.0545. The van der Waals surface area contributed by atoms with Crippen molar-refractivity contribution in [2.75, 3.05) is 6.54 Å². The van der Waals surface area contributed by atoms with Crippen LogP contribution < -0.4 is 10.6 Å². The Balaban J connectivity index is 1.79. The third kappa shape index (κ3) is 7.09. The number of amides is 2. The third-order valence-corrected chi connectivity index (χ3v) is 4.06. The van der Waals surface area contributed by atoms with Crippen molar-refractivity contribution >= 4 is 12.0 Å². The van der Waals surface area contributed by atoms with Gasteiger partial charge in [-0.2, -0.15) is 0 Å². The Labute approximate surface area is 158 Å². The molecule has 0 saturated heterocycles. The first-order chi connectivity index (χ1) is 13.0. The van der Waals surface area contributed by atoms with Gasteiger partial charge in [0.25, 0.3) is 0 Å². The van der Waals surface area contributed by atoms with Crippen LogP contribution in [-0.2, 0) is 22.6 Å². The molecule has 0 aliphatic carbocycles. The zero-order valence-electron chi connectivity index (χ0n) is 15.6. The van der Waals surface area contributed by atoms with Crippen molar-refractivity contribution in [1.82, 2.24) is 10.6 Å². The van der Waals surface area contributed by atoms with Gasteiger partial charge in [0.05, 0.1) is 0 Å². The molecule has 0 bridgehead atoms. The first-order valence-electron chi connectivity index (χ1n) is 8.95. The molecule has 144 valence electrons. The number of hydrogen-bond donors (Lipinski definition) is 2. The van der Waals surface area contributed by atoms with Crippen molar-refractivity contribution in [2.45, 2.75) is 32.9 Å². The van der Waals surface area contributed by atoms with Crippen LogP contribution in [-0.4, -0.2) is 24.6 Å². The minimum Gasteiger partial charge on any atom is -0.445 e. The smallest absolute Gasteiger partial charge is 0.408 e. The molecule has 0 aliphatic rings. The van der Waals surface area contributed by atoms with Gasteiger partial charge in [-0.1, -0.05) is 56.3 Å². The molecule has 27 heavy (non-hydrogen) atoms. The standard InChI is InChI=1S/C21H25FN2O3/c1-15(2)19(24-21(26)27-14-17-6-4-3-5-7-17)20(25)23-13-12-16-8-10-18(22)11-9-16/h3-11,15,19H,12-14H2,1-2H3,(H,23,25)(H,24,26)/t19-/m0/s1. The van der Waals surface area contributed by atoms with Crippen LogP contribution in [0.5, 0.6) is 0 Å². The van der Waals surface area contributed by atoms with Gasteiger partial charge in [-0.25, -0.2) is 9.18 Å². The van der Waals surface area contributed by atoms with Crippen LogP contribution in [0.4, 0.5) is 9.18 Å². The van der Waals surface area contributed by atoms with Crippen molar-refractivity contribution in [1.29, 1.82) is 0 Å². The molecule has 0 spiro atoms. The summed E-state index contributed by atoms with van der Waals surface area (Å²) in [7, 11) is 0. The first kappa shape index (κ1) is 20.4. The van der Waals surface area contributed by atoms with Gasteiger partial charge < -0.3 is 15.4 Å². The van der Waals surface area contributed by atoms with Gasteiger partial charge in [0.2, 0.25) is 5.91 Å². The van der Waals surface area contributed by atoms with E-state index in [1.807, 2.05) is 44.2 Å². The number of halogens is 1. The highest BCUT2D eigenvalue weighted by molar-refractivity contribution is 5.85. The van der Waals surface area contributed by atoms with E-state index in [2.05, 4.69) is 10.6 Å². The second-order valence-electron chi connectivity index (χ2n) is 6.60. The minimum absolute atomic E-state index is 0.0971. The Bertz CT molecular complexity index is 733. The highest BCUT2D eigenvalue weighted by Gasteiger charge is 2.24. The molecule has 1 atom stereocenters. The average Bonchev–Trinajstić information content (AvgIpc) is 2.66. The number of rotatable bonds is 8. The van der Waals surface area contributed by atoms with Crippen molar-refractivity contribution in [3.8, 4) is 0 Å². The average molecular weight is 372 g/mol. The Kier molecular flexibility index (Phi) is 7.79. The lowest BCUT2D eigenvalue weighted by atomic mass is 10.0. The summed E-state index contributed by atoms with van der Waals surface area (Å²) in [4.78, 5) is 24.4. The summed E-state index contributed by atoms with van der Waals surface area (Å²) >= 11 is 0. The molecule has 2 aromatic carbocycles. The summed E-state index contributed by atoms with van der Waals surface area (Å²) < 4.78 is 18.1. The fourth-order valence-electron chi connectivity index (χ4n) is 2.52. The quantitative estimate of drug-likeness (QED) is 0.746. The molecule has 0 fully saturated rings. The number of alkyl carbamates (subject to hydrolysis) is 1. The Morgan fingerprint density at radius 3 is 2.30 bits per heavy atom. The largest absolute Gasteiger partial charge is 0.445 e. The van der Waals surface area contributed by atoms with Gasteiger partial charge in [0.1, 0.15) is 18.5 Å². The summed E-state index contributed by atoms with van der Waals surface area (Å²) in [6.45, 7) is 4.24. The SMILES string of the molecule is CC(C)[C@H](NC(=O)OCc1ccccc1)C(=O)NCCc1ccc(F)cc1. The van der Waals surface area contributed by atoms with Crippen LogP contribution in [0.2, 0.25) is 0 Å². The van der Waals surface area contributed by atoms with E-state index < -0.39 is 12.1 Å². The molecule has 6 heteroatoms. The zero-order chi connectivity index (χ0) is 19.6. The lowest BCUT2D eigenvalue weighted by Crippen LogP contribution is -2.50. The molecule has 0 saturated carbocycles. The van der Waals surface area contributed by atoms with Gasteiger partial charge in [0, 0.05) is 6.54 Å². The molecule has 0 unspecified atom stereocenters. The molecule has 0 aromatic heterocycles. The molecular formula is C21H25FN2O3. The van der Waals surface area contributed by atoms with Crippen LogP contribution >= 0.6 is 0 Å². The minimum atomic E-state index is -0.693. The fourth-order valence-corrected chi connectivity index (χ4v) is 2.52. The molecular weight excluding hydrogens is 347 g/mol. The maximum atomic E-state index is 12.9. The molecule has 2 aromatic rings. The van der Waals surface area contributed by atoms with Gasteiger partial charge in [-0.05, 0) is 35.6 Å². The lowest BCUT2D eigenvalue weighted by molar-refractivity contribution is -0.124. The predicted molar refractivity (Wildman–Crippen MR) is 102 cm³/mol. The van der Waals surface area contributed by atoms with Gasteiger partial charge in [-0.15, -0.1) is 0 Å². The second kappa shape index (κ2) is 10.3. The number of hydrogen-bond acceptors (Lipinski definition) is 3. The molecule has 2 rings (SSSR count). The third-order valence-electron chi connectivity index (χ3n) is 4.06. The van der Waals surface area contributed by atoms with Crippen molar-refractivity contribution in [2.24, 2.45) is 5.92 Å². The van der Waals surface area contributed by atoms with E-state index in [1.54, 1.807) is 12.1 Å². The van der Waals surface area contributed by atoms with E-state index in [-0.39, 0.29) is 24.2 Å². The van der Waals surface area contributed by atoms with E-state index >= 15 is 0 Å². The molecule has 2 amide bonds. The Morgan fingerprint density at radius 2 is 1.67 bits per heavy atom. The number of carbonyl (C=O) groups is 2. The molecule has 2 N–H and O–H groups in total. The molecule has 0 heterocycles. The summed E-state index contributed by atoms with van der Waals surface area (Å²) in [6, 6.07) is 14.8. The van der Waals surface area contributed by atoms with Crippen molar-refractivity contribution < 1.29 is 18.7 Å². The predicted octanol–water partition coefficient (Wildman–Crippen LogP) is 3.44. The monoisotopic (exact) mass is 372 g/mol. The summed E-state index contributed by atoms with van der Waals surface area (Å²) in [5, 5.41) is 5.42. The van der Waals surface area contributed by atoms with Crippen molar-refractivity contribution in [3.63, 3.8) is 0 Å². The molecule has 0 aliphatic heterocycles. The maximum Gasteiger partial charge on any atom is 0.408 e. The van der Waals surface area contributed by atoms with Crippen LogP contribution in [0.1, 0.15) is 25.0 Å². The van der Waals surface area contributed by atoms with Crippen LogP contribution in [0.25, 0.3) is 0 Å². The van der Waals surface area contributed by atoms with Crippen molar-refractivity contribution in [3.05, 3.63) is 71.5 Å². The number of carbonyl (C=O) groups excluding carboxylic acids is 2. The highest BCUT2D eigenvalue weighted by Crippen LogP contribution is 2.06. The van der Waals surface area contributed by atoms with Gasteiger partial charge >= 0.3 is 6.09 Å². The highest BCUT2D eigenvalue weighted by atomic mass is 19.1. The van der Waals surface area contributed by atoms with Crippen LogP contribution in [0, 0.1) is 11.7 Å². The van der Waals surface area contributed by atoms with E-state index in [0.717, 1.165) is 11.1 Å². The molecule has 5 nitrogen and oxygen atoms in total. The Hall–Kier alpha value is -2.89. The number of benzene rings is 2. The van der Waals surface area contributed by atoms with Crippen LogP contribution in [0.15, 0.2) is 54.6 Å². The maximum absolute atomic E-state index is 12.9. The number of nitrogens with one attached hydrogen (secondary N) is 2. The zero-order valence-corrected chi connectivity index (χ0v) is 15.6. The van der Waals surface area contributed by atoms with Gasteiger partial charge in [-0.3, -0.25) is 4.79 Å². The fraction of sp³-hybridized carbons (Fsp3) is 0.333. The first-order valence-corrected chi connectivity index (χ1v) is 8.95. The van der Waals surface area contributed by atoms with E-state index in [0.29, 0.717) is 13.0 Å². The Morgan fingerprint density at radius 1 is 1.00 bits per heavy atom. The molecule has 0 radical (unpaired) electrons. The number of ether oxygens (including phenoxy) is 1. The van der Waals surface area contributed by atoms with E-state index in [9.17, 15) is 14.0 Å². The summed E-state index contributed by atoms with van der Waals surface area (Å²) in [5.74, 6) is -0.662. The topological polar surface area (TPSA) is 67.4 Å².